The second-order valence-corrected chi connectivity index (χ2v) is 5.65. The monoisotopic (exact) mass is 314 g/mol. The minimum absolute atomic E-state index is 0.0185. The molecule has 0 saturated carbocycles. The largest absolute Gasteiger partial charge is 0.454 e. The fraction of sp³-hybridized carbons (Fsp3) is 0.417. The number of benzene rings is 1. The summed E-state index contributed by atoms with van der Waals surface area (Å²) in [5.74, 6) is 1.35. The number of primary amides is 1. The molecule has 1 amide bonds. The van der Waals surface area contributed by atoms with Crippen molar-refractivity contribution < 1.29 is 23.9 Å². The van der Waals surface area contributed by atoms with Crippen LogP contribution in [0.5, 0.6) is 11.5 Å². The van der Waals surface area contributed by atoms with Gasteiger partial charge in [0.1, 0.15) is 6.61 Å². The van der Waals surface area contributed by atoms with E-state index in [1.54, 1.807) is 6.07 Å². The number of nitrogens with zero attached hydrogens (tertiary/aromatic N) is 1. The molecule has 0 spiro atoms. The zero-order chi connectivity index (χ0) is 15.4. The van der Waals surface area contributed by atoms with Gasteiger partial charge in [-0.25, -0.2) is 4.79 Å². The van der Waals surface area contributed by atoms with E-state index in [1.807, 2.05) is 6.92 Å². The fourth-order valence-electron chi connectivity index (χ4n) is 1.89. The van der Waals surface area contributed by atoms with Crippen molar-refractivity contribution >= 4 is 23.5 Å². The van der Waals surface area contributed by atoms with Crippen molar-refractivity contribution in [3.63, 3.8) is 0 Å². The Hall–Kier alpha value is -2.16. The lowest BCUT2D eigenvalue weighted by Crippen LogP contribution is -2.14. The maximum absolute atomic E-state index is 11.2. The Morgan fingerprint density at radius 2 is 2.19 bits per heavy atom. The lowest BCUT2D eigenvalue weighted by molar-refractivity contribution is -0.385. The molecule has 0 bridgehead atoms. The maximum Gasteiger partial charge on any atom is 0.404 e. The molecule has 0 aromatic heterocycles. The van der Waals surface area contributed by atoms with Crippen molar-refractivity contribution in [3.8, 4) is 11.5 Å². The molecule has 1 aromatic carbocycles. The molecule has 1 heterocycles. The smallest absolute Gasteiger partial charge is 0.404 e. The van der Waals surface area contributed by atoms with Crippen molar-refractivity contribution in [1.82, 2.24) is 0 Å². The van der Waals surface area contributed by atoms with E-state index in [1.165, 1.54) is 17.8 Å². The first-order chi connectivity index (χ1) is 9.99. The van der Waals surface area contributed by atoms with E-state index in [0.29, 0.717) is 22.8 Å². The van der Waals surface area contributed by atoms with Gasteiger partial charge < -0.3 is 19.9 Å². The fourth-order valence-corrected chi connectivity index (χ4v) is 2.79. The Morgan fingerprint density at radius 1 is 1.52 bits per heavy atom. The first kappa shape index (κ1) is 15.2. The van der Waals surface area contributed by atoms with Gasteiger partial charge in [0.05, 0.1) is 11.0 Å². The highest BCUT2D eigenvalue weighted by Crippen LogP contribution is 2.43. The molecule has 8 nitrogen and oxygen atoms in total. The standard InChI is InChI=1S/C12H14N2O6S/c1-7(21-3-2-18-12(13)15)8-4-10-11(20-6-19-10)5-9(8)14(16)17/h4-5,7H,2-3,6H2,1H3,(H2,13,15)/t7-/m1/s1. The molecule has 2 rings (SSSR count). The van der Waals surface area contributed by atoms with Gasteiger partial charge in [0.25, 0.3) is 5.69 Å². The van der Waals surface area contributed by atoms with Gasteiger partial charge >= 0.3 is 6.09 Å². The maximum atomic E-state index is 11.2. The van der Waals surface area contributed by atoms with E-state index in [2.05, 4.69) is 4.74 Å². The lowest BCUT2D eigenvalue weighted by atomic mass is 10.1. The highest BCUT2D eigenvalue weighted by atomic mass is 32.2. The van der Waals surface area contributed by atoms with Crippen LogP contribution in [0.4, 0.5) is 10.5 Å². The number of hydrogen-bond donors (Lipinski definition) is 1. The van der Waals surface area contributed by atoms with E-state index in [0.717, 1.165) is 0 Å². The number of nitrogens with two attached hydrogens (primary N) is 1. The SMILES string of the molecule is C[C@@H](SCCOC(N)=O)c1cc2c(cc1[N+](=O)[O-])OCO2. The third-order valence-electron chi connectivity index (χ3n) is 2.85. The van der Waals surface area contributed by atoms with Crippen molar-refractivity contribution in [2.75, 3.05) is 19.2 Å². The van der Waals surface area contributed by atoms with Crippen LogP contribution in [0.2, 0.25) is 0 Å². The molecular weight excluding hydrogens is 300 g/mol. The summed E-state index contributed by atoms with van der Waals surface area (Å²) >= 11 is 1.41. The quantitative estimate of drug-likeness (QED) is 0.486. The molecule has 0 radical (unpaired) electrons. The Bertz CT molecular complexity index is 565. The third kappa shape index (κ3) is 3.69. The van der Waals surface area contributed by atoms with Gasteiger partial charge in [-0.05, 0) is 13.0 Å². The number of ether oxygens (including phenoxy) is 3. The van der Waals surface area contributed by atoms with Crippen molar-refractivity contribution in [3.05, 3.63) is 27.8 Å². The summed E-state index contributed by atoms with van der Waals surface area (Å²) in [6, 6.07) is 2.99. The molecule has 1 aliphatic heterocycles. The Kier molecular flexibility index (Phi) is 4.73. The second-order valence-electron chi connectivity index (χ2n) is 4.20. The number of fused-ring (bicyclic) bond motifs is 1. The zero-order valence-electron chi connectivity index (χ0n) is 11.2. The minimum Gasteiger partial charge on any atom is -0.454 e. The van der Waals surface area contributed by atoms with E-state index >= 15 is 0 Å². The molecule has 1 aromatic rings. The van der Waals surface area contributed by atoms with Crippen LogP contribution in [0.15, 0.2) is 12.1 Å². The molecule has 0 saturated heterocycles. The summed E-state index contributed by atoms with van der Waals surface area (Å²) in [4.78, 5) is 21.2. The number of hydrogen-bond acceptors (Lipinski definition) is 7. The van der Waals surface area contributed by atoms with Crippen LogP contribution in [0.25, 0.3) is 0 Å². The van der Waals surface area contributed by atoms with E-state index < -0.39 is 11.0 Å². The molecule has 2 N–H and O–H groups in total. The number of nitro benzene ring substituents is 1. The molecule has 0 unspecified atom stereocenters. The highest BCUT2D eigenvalue weighted by Gasteiger charge is 2.26. The number of nitro groups is 1. The van der Waals surface area contributed by atoms with E-state index in [9.17, 15) is 14.9 Å². The van der Waals surface area contributed by atoms with Crippen molar-refractivity contribution in [1.29, 1.82) is 0 Å². The average molecular weight is 314 g/mol. The van der Waals surface area contributed by atoms with Gasteiger partial charge in [-0.15, -0.1) is 0 Å². The van der Waals surface area contributed by atoms with Gasteiger partial charge in [0.2, 0.25) is 6.79 Å². The summed E-state index contributed by atoms with van der Waals surface area (Å²) in [6.45, 7) is 2.05. The van der Waals surface area contributed by atoms with Crippen LogP contribution in [-0.4, -0.2) is 30.2 Å². The van der Waals surface area contributed by atoms with Crippen LogP contribution >= 0.6 is 11.8 Å². The van der Waals surface area contributed by atoms with Crippen molar-refractivity contribution in [2.24, 2.45) is 5.73 Å². The van der Waals surface area contributed by atoms with Gasteiger partial charge in [0.15, 0.2) is 11.5 Å². The van der Waals surface area contributed by atoms with Crippen LogP contribution in [0.3, 0.4) is 0 Å². The van der Waals surface area contributed by atoms with Crippen LogP contribution < -0.4 is 15.2 Å². The zero-order valence-corrected chi connectivity index (χ0v) is 12.1. The van der Waals surface area contributed by atoms with Gasteiger partial charge in [-0.2, -0.15) is 11.8 Å². The number of carbonyl (C=O) groups is 1. The Morgan fingerprint density at radius 3 is 2.81 bits per heavy atom. The first-order valence-electron chi connectivity index (χ1n) is 6.11. The van der Waals surface area contributed by atoms with Crippen molar-refractivity contribution in [2.45, 2.75) is 12.2 Å². The summed E-state index contributed by atoms with van der Waals surface area (Å²) < 4.78 is 15.0. The lowest BCUT2D eigenvalue weighted by Gasteiger charge is -2.12. The molecular formula is C12H14N2O6S. The minimum atomic E-state index is -0.836. The molecule has 1 atom stereocenters. The third-order valence-corrected chi connectivity index (χ3v) is 4.01. The van der Waals surface area contributed by atoms with Gasteiger partial charge in [-0.3, -0.25) is 10.1 Å². The number of amides is 1. The first-order valence-corrected chi connectivity index (χ1v) is 7.15. The van der Waals surface area contributed by atoms with E-state index in [-0.39, 0.29) is 24.3 Å². The van der Waals surface area contributed by atoms with Crippen LogP contribution in [0, 0.1) is 10.1 Å². The molecule has 1 aliphatic rings. The molecule has 21 heavy (non-hydrogen) atoms. The predicted molar refractivity (Wildman–Crippen MR) is 75.6 cm³/mol. The second kappa shape index (κ2) is 6.53. The van der Waals surface area contributed by atoms with Gasteiger partial charge in [0, 0.05) is 16.6 Å². The summed E-state index contributed by atoms with van der Waals surface area (Å²) in [6.07, 6.45) is -0.836. The summed E-state index contributed by atoms with van der Waals surface area (Å²) in [5.41, 5.74) is 5.37. The summed E-state index contributed by atoms with van der Waals surface area (Å²) in [7, 11) is 0. The van der Waals surface area contributed by atoms with E-state index in [4.69, 9.17) is 15.2 Å². The molecule has 9 heteroatoms. The highest BCUT2D eigenvalue weighted by molar-refractivity contribution is 7.99. The van der Waals surface area contributed by atoms with Crippen LogP contribution in [-0.2, 0) is 4.74 Å². The molecule has 0 fully saturated rings. The number of thioether (sulfide) groups is 1. The topological polar surface area (TPSA) is 114 Å². The Labute approximate surface area is 124 Å². The number of rotatable bonds is 6. The normalized spacial score (nSPS) is 13.8. The average Bonchev–Trinajstić information content (AvgIpc) is 2.88. The molecule has 0 aliphatic carbocycles. The molecule has 114 valence electrons. The van der Waals surface area contributed by atoms with Crippen LogP contribution in [0.1, 0.15) is 17.7 Å². The predicted octanol–water partition coefficient (Wildman–Crippen LogP) is 2.21. The number of carbonyl (C=O) groups excluding carboxylic acids is 1. The summed E-state index contributed by atoms with van der Waals surface area (Å²) in [5, 5.41) is 11.0. The van der Waals surface area contributed by atoms with Gasteiger partial charge in [-0.1, -0.05) is 0 Å². The Balaban J connectivity index is 2.10.